The third-order valence-electron chi connectivity index (χ3n) is 4.42. The predicted molar refractivity (Wildman–Crippen MR) is 96.5 cm³/mol. The van der Waals surface area contributed by atoms with E-state index >= 15 is 0 Å². The number of amides is 1. The average molecular weight is 333 g/mol. The SMILES string of the molecule is CCCOCc1cc(C(=O)NC2CCCCCC2)ccc1OCC. The molecule has 1 aromatic carbocycles. The van der Waals surface area contributed by atoms with Crippen LogP contribution in [0.2, 0.25) is 0 Å². The molecule has 1 N–H and O–H groups in total. The van der Waals surface area contributed by atoms with Gasteiger partial charge < -0.3 is 14.8 Å². The molecule has 1 aliphatic rings. The van der Waals surface area contributed by atoms with Crippen LogP contribution in [0.15, 0.2) is 18.2 Å². The molecule has 24 heavy (non-hydrogen) atoms. The van der Waals surface area contributed by atoms with Crippen molar-refractivity contribution >= 4 is 5.91 Å². The van der Waals surface area contributed by atoms with E-state index in [9.17, 15) is 4.79 Å². The van der Waals surface area contributed by atoms with Gasteiger partial charge in [-0.15, -0.1) is 0 Å². The van der Waals surface area contributed by atoms with Gasteiger partial charge in [-0.1, -0.05) is 32.6 Å². The molecule has 4 heteroatoms. The summed E-state index contributed by atoms with van der Waals surface area (Å²) in [4.78, 5) is 12.6. The standard InChI is InChI=1S/C20H31NO3/c1-3-13-23-15-17-14-16(11-12-19(17)24-4-2)20(22)21-18-9-7-5-6-8-10-18/h11-12,14,18H,3-10,13,15H2,1-2H3,(H,21,22). The quantitative estimate of drug-likeness (QED) is 0.564. The zero-order valence-electron chi connectivity index (χ0n) is 15.1. The minimum absolute atomic E-state index is 0.0155. The van der Waals surface area contributed by atoms with Crippen LogP contribution in [0, 0.1) is 0 Å². The minimum atomic E-state index is 0.0155. The van der Waals surface area contributed by atoms with Gasteiger partial charge in [-0.05, 0) is 44.4 Å². The van der Waals surface area contributed by atoms with E-state index in [2.05, 4.69) is 12.2 Å². The van der Waals surface area contributed by atoms with Crippen molar-refractivity contribution in [2.24, 2.45) is 0 Å². The molecule has 4 nitrogen and oxygen atoms in total. The molecule has 1 fully saturated rings. The zero-order valence-corrected chi connectivity index (χ0v) is 15.1. The lowest BCUT2D eigenvalue weighted by atomic mass is 10.1. The molecule has 0 spiro atoms. The minimum Gasteiger partial charge on any atom is -0.494 e. The normalized spacial score (nSPS) is 15.8. The lowest BCUT2D eigenvalue weighted by molar-refractivity contribution is 0.0932. The molecule has 0 unspecified atom stereocenters. The summed E-state index contributed by atoms with van der Waals surface area (Å²) in [6.45, 7) is 5.84. The number of rotatable bonds is 8. The second-order valence-corrected chi connectivity index (χ2v) is 6.47. The highest BCUT2D eigenvalue weighted by Crippen LogP contribution is 2.22. The molecule has 0 saturated heterocycles. The Labute approximate surface area is 145 Å². The lowest BCUT2D eigenvalue weighted by Crippen LogP contribution is -2.34. The molecule has 0 aliphatic heterocycles. The number of benzene rings is 1. The van der Waals surface area contributed by atoms with Gasteiger partial charge in [0.15, 0.2) is 0 Å². The van der Waals surface area contributed by atoms with Crippen molar-refractivity contribution < 1.29 is 14.3 Å². The number of ether oxygens (including phenoxy) is 2. The average Bonchev–Trinajstić information content (AvgIpc) is 2.85. The Bertz CT molecular complexity index is 508. The van der Waals surface area contributed by atoms with E-state index in [0.29, 0.717) is 31.4 Å². The van der Waals surface area contributed by atoms with E-state index in [1.54, 1.807) is 0 Å². The van der Waals surface area contributed by atoms with E-state index in [4.69, 9.17) is 9.47 Å². The van der Waals surface area contributed by atoms with Crippen molar-refractivity contribution in [2.45, 2.75) is 71.4 Å². The Morgan fingerprint density at radius 1 is 1.17 bits per heavy atom. The van der Waals surface area contributed by atoms with Crippen molar-refractivity contribution in [3.8, 4) is 5.75 Å². The van der Waals surface area contributed by atoms with Crippen molar-refractivity contribution in [2.75, 3.05) is 13.2 Å². The zero-order chi connectivity index (χ0) is 17.2. The fourth-order valence-corrected chi connectivity index (χ4v) is 3.15. The van der Waals surface area contributed by atoms with Gasteiger partial charge >= 0.3 is 0 Å². The fraction of sp³-hybridized carbons (Fsp3) is 0.650. The van der Waals surface area contributed by atoms with E-state index < -0.39 is 0 Å². The van der Waals surface area contributed by atoms with Crippen LogP contribution in [0.5, 0.6) is 5.75 Å². The molecule has 0 radical (unpaired) electrons. The Kier molecular flexibility index (Phi) is 8.10. The predicted octanol–water partition coefficient (Wildman–Crippen LogP) is 4.46. The van der Waals surface area contributed by atoms with Gasteiger partial charge in [0.1, 0.15) is 5.75 Å². The Morgan fingerprint density at radius 2 is 1.92 bits per heavy atom. The Hall–Kier alpha value is -1.55. The van der Waals surface area contributed by atoms with Gasteiger partial charge in [0, 0.05) is 23.8 Å². The van der Waals surface area contributed by atoms with Gasteiger partial charge in [0.25, 0.3) is 5.91 Å². The molecule has 1 saturated carbocycles. The van der Waals surface area contributed by atoms with E-state index in [-0.39, 0.29) is 5.91 Å². The maximum Gasteiger partial charge on any atom is 0.251 e. The van der Waals surface area contributed by atoms with E-state index in [0.717, 1.165) is 30.6 Å². The van der Waals surface area contributed by atoms with Gasteiger partial charge in [-0.25, -0.2) is 0 Å². The molecule has 0 atom stereocenters. The Balaban J connectivity index is 2.04. The second kappa shape index (κ2) is 10.3. The Morgan fingerprint density at radius 3 is 2.58 bits per heavy atom. The van der Waals surface area contributed by atoms with Crippen LogP contribution >= 0.6 is 0 Å². The van der Waals surface area contributed by atoms with Crippen LogP contribution in [0.25, 0.3) is 0 Å². The number of hydrogen-bond acceptors (Lipinski definition) is 3. The first-order chi connectivity index (χ1) is 11.7. The van der Waals surface area contributed by atoms with Crippen LogP contribution in [-0.2, 0) is 11.3 Å². The highest BCUT2D eigenvalue weighted by Gasteiger charge is 2.17. The van der Waals surface area contributed by atoms with Gasteiger partial charge in [0.05, 0.1) is 13.2 Å². The van der Waals surface area contributed by atoms with E-state index in [1.165, 1.54) is 25.7 Å². The first kappa shape index (κ1) is 18.8. The maximum absolute atomic E-state index is 12.6. The van der Waals surface area contributed by atoms with Crippen molar-refractivity contribution in [1.82, 2.24) is 5.32 Å². The summed E-state index contributed by atoms with van der Waals surface area (Å²) in [5, 5.41) is 3.20. The summed E-state index contributed by atoms with van der Waals surface area (Å²) in [7, 11) is 0. The van der Waals surface area contributed by atoms with Crippen LogP contribution in [0.3, 0.4) is 0 Å². The van der Waals surface area contributed by atoms with Gasteiger partial charge in [-0.2, -0.15) is 0 Å². The molecule has 2 rings (SSSR count). The fourth-order valence-electron chi connectivity index (χ4n) is 3.15. The van der Waals surface area contributed by atoms with Crippen molar-refractivity contribution in [1.29, 1.82) is 0 Å². The highest BCUT2D eigenvalue weighted by atomic mass is 16.5. The lowest BCUT2D eigenvalue weighted by Gasteiger charge is -2.17. The van der Waals surface area contributed by atoms with Crippen LogP contribution in [-0.4, -0.2) is 25.2 Å². The molecule has 1 aliphatic carbocycles. The second-order valence-electron chi connectivity index (χ2n) is 6.47. The van der Waals surface area contributed by atoms with Crippen LogP contribution in [0.4, 0.5) is 0 Å². The number of hydrogen-bond donors (Lipinski definition) is 1. The number of carbonyl (C=O) groups excluding carboxylic acids is 1. The molecule has 1 amide bonds. The summed E-state index contributed by atoms with van der Waals surface area (Å²) in [5.74, 6) is 0.821. The molecule has 0 aromatic heterocycles. The molecular formula is C20H31NO3. The summed E-state index contributed by atoms with van der Waals surface area (Å²) < 4.78 is 11.3. The maximum atomic E-state index is 12.6. The molecule has 134 valence electrons. The summed E-state index contributed by atoms with van der Waals surface area (Å²) >= 11 is 0. The van der Waals surface area contributed by atoms with Crippen LogP contribution < -0.4 is 10.1 Å². The monoisotopic (exact) mass is 333 g/mol. The smallest absolute Gasteiger partial charge is 0.251 e. The highest BCUT2D eigenvalue weighted by molar-refractivity contribution is 5.94. The third-order valence-corrected chi connectivity index (χ3v) is 4.42. The summed E-state index contributed by atoms with van der Waals surface area (Å²) in [6.07, 6.45) is 8.16. The first-order valence-corrected chi connectivity index (χ1v) is 9.39. The van der Waals surface area contributed by atoms with Crippen LogP contribution in [0.1, 0.15) is 74.7 Å². The number of carbonyl (C=O) groups is 1. The summed E-state index contributed by atoms with van der Waals surface area (Å²) in [5.41, 5.74) is 1.64. The molecule has 0 bridgehead atoms. The van der Waals surface area contributed by atoms with Crippen molar-refractivity contribution in [3.63, 3.8) is 0 Å². The first-order valence-electron chi connectivity index (χ1n) is 9.39. The summed E-state index contributed by atoms with van der Waals surface area (Å²) in [6, 6.07) is 5.95. The third kappa shape index (κ3) is 5.82. The van der Waals surface area contributed by atoms with Gasteiger partial charge in [-0.3, -0.25) is 4.79 Å². The van der Waals surface area contributed by atoms with Gasteiger partial charge in [0.2, 0.25) is 0 Å². The van der Waals surface area contributed by atoms with E-state index in [1.807, 2.05) is 25.1 Å². The largest absolute Gasteiger partial charge is 0.494 e. The van der Waals surface area contributed by atoms with Crippen molar-refractivity contribution in [3.05, 3.63) is 29.3 Å². The molecule has 1 aromatic rings. The molecule has 0 heterocycles. The molecular weight excluding hydrogens is 302 g/mol. The topological polar surface area (TPSA) is 47.6 Å². The number of nitrogens with one attached hydrogen (secondary N) is 1.